The molecule has 3 aliphatic rings. The van der Waals surface area contributed by atoms with E-state index in [1.807, 2.05) is 12.1 Å². The molecule has 1 spiro atoms. The Balaban J connectivity index is 1.76. The van der Waals surface area contributed by atoms with Gasteiger partial charge in [0.1, 0.15) is 0 Å². The fraction of sp³-hybridized carbons (Fsp3) is 0.588. The normalized spacial score (nSPS) is 24.0. The molecule has 0 atom stereocenters. The molecular formula is C17H19BrO4. The van der Waals surface area contributed by atoms with Crippen LogP contribution in [0, 0.1) is 0 Å². The molecule has 0 amide bonds. The van der Waals surface area contributed by atoms with Crippen LogP contribution in [0.25, 0.3) is 0 Å². The second-order valence-electron chi connectivity index (χ2n) is 6.70. The van der Waals surface area contributed by atoms with E-state index in [0.29, 0.717) is 18.6 Å². The Morgan fingerprint density at radius 1 is 1.00 bits per heavy atom. The summed E-state index contributed by atoms with van der Waals surface area (Å²) in [7, 11) is 0. The highest BCUT2D eigenvalue weighted by Gasteiger charge is 2.48. The predicted molar refractivity (Wildman–Crippen MR) is 84.4 cm³/mol. The minimum atomic E-state index is -0.789. The van der Waals surface area contributed by atoms with Crippen molar-refractivity contribution in [3.05, 3.63) is 22.2 Å². The lowest BCUT2D eigenvalue weighted by molar-refractivity contribution is -0.143. The average molecular weight is 367 g/mol. The van der Waals surface area contributed by atoms with Crippen molar-refractivity contribution in [1.29, 1.82) is 0 Å². The molecule has 4 rings (SSSR count). The van der Waals surface area contributed by atoms with Gasteiger partial charge in [0.05, 0.1) is 5.41 Å². The molecule has 1 heterocycles. The zero-order chi connectivity index (χ0) is 15.4. The summed E-state index contributed by atoms with van der Waals surface area (Å²) >= 11 is 3.56. The number of fused-ring (bicyclic) bond motifs is 1. The third kappa shape index (κ3) is 1.98. The number of aliphatic carboxylic acids is 1. The summed E-state index contributed by atoms with van der Waals surface area (Å²) in [5.74, 6) is 0.191. The van der Waals surface area contributed by atoms with Crippen molar-refractivity contribution in [3.63, 3.8) is 0 Å². The third-order valence-electron chi connectivity index (χ3n) is 5.37. The lowest BCUT2D eigenvalue weighted by atomic mass is 9.79. The van der Waals surface area contributed by atoms with Gasteiger partial charge in [-0.2, -0.15) is 0 Å². The van der Waals surface area contributed by atoms with Crippen LogP contribution in [0.2, 0.25) is 0 Å². The molecule has 118 valence electrons. The van der Waals surface area contributed by atoms with Crippen LogP contribution in [0.1, 0.15) is 56.9 Å². The van der Waals surface area contributed by atoms with E-state index in [-0.39, 0.29) is 0 Å². The first-order valence-electron chi connectivity index (χ1n) is 8.00. The monoisotopic (exact) mass is 366 g/mol. The van der Waals surface area contributed by atoms with Gasteiger partial charge in [0, 0.05) is 17.3 Å². The molecule has 1 N–H and O–H groups in total. The summed E-state index contributed by atoms with van der Waals surface area (Å²) in [4.78, 5) is 11.9. The molecule has 5 heteroatoms. The third-order valence-corrected chi connectivity index (χ3v) is 6.03. The Kier molecular flexibility index (Phi) is 3.19. The molecule has 0 unspecified atom stereocenters. The Morgan fingerprint density at radius 3 is 2.14 bits per heavy atom. The van der Waals surface area contributed by atoms with Gasteiger partial charge in [0.15, 0.2) is 11.5 Å². The van der Waals surface area contributed by atoms with Crippen LogP contribution in [-0.4, -0.2) is 16.9 Å². The lowest BCUT2D eigenvalue weighted by Crippen LogP contribution is -2.34. The van der Waals surface area contributed by atoms with E-state index >= 15 is 0 Å². The second kappa shape index (κ2) is 4.88. The molecule has 2 aliphatic carbocycles. The van der Waals surface area contributed by atoms with E-state index in [4.69, 9.17) is 9.47 Å². The molecule has 4 nitrogen and oxygen atoms in total. The number of ether oxygens (including phenoxy) is 2. The van der Waals surface area contributed by atoms with Gasteiger partial charge < -0.3 is 14.6 Å². The number of hydrogen-bond donors (Lipinski definition) is 1. The van der Waals surface area contributed by atoms with Crippen LogP contribution in [0.4, 0.5) is 0 Å². The minimum Gasteiger partial charge on any atom is -0.481 e. The average Bonchev–Trinajstić information content (AvgIpc) is 3.18. The Bertz CT molecular complexity index is 628. The molecule has 1 aromatic carbocycles. The molecule has 2 fully saturated rings. The van der Waals surface area contributed by atoms with Gasteiger partial charge >= 0.3 is 5.97 Å². The number of halogens is 1. The van der Waals surface area contributed by atoms with Crippen LogP contribution in [0.5, 0.6) is 11.5 Å². The number of rotatable bonds is 2. The molecule has 22 heavy (non-hydrogen) atoms. The van der Waals surface area contributed by atoms with Crippen molar-refractivity contribution >= 4 is 21.9 Å². The summed E-state index contributed by atoms with van der Waals surface area (Å²) in [5, 5.41) is 9.80. The van der Waals surface area contributed by atoms with Crippen molar-refractivity contribution < 1.29 is 19.4 Å². The number of carboxylic acids is 1. The van der Waals surface area contributed by atoms with Gasteiger partial charge in [0.25, 0.3) is 5.79 Å². The zero-order valence-electron chi connectivity index (χ0n) is 12.4. The summed E-state index contributed by atoms with van der Waals surface area (Å²) in [5.41, 5.74) is 0.0396. The summed E-state index contributed by atoms with van der Waals surface area (Å²) in [6, 6.07) is 3.78. The predicted octanol–water partition coefficient (Wildman–Crippen LogP) is 4.39. The van der Waals surface area contributed by atoms with Crippen LogP contribution in [0.3, 0.4) is 0 Å². The number of benzene rings is 1. The van der Waals surface area contributed by atoms with Crippen LogP contribution in [0.15, 0.2) is 16.6 Å². The highest BCUT2D eigenvalue weighted by atomic mass is 79.9. The number of carboxylic acid groups (broad SMARTS) is 1. The van der Waals surface area contributed by atoms with E-state index in [0.717, 1.165) is 54.3 Å². The molecule has 2 saturated carbocycles. The molecule has 1 aromatic rings. The SMILES string of the molecule is O=C(O)C1(c2cc3c(cc2Br)OC2(CCCC2)O3)CCCC1. The molecule has 0 aromatic heterocycles. The van der Waals surface area contributed by atoms with Gasteiger partial charge in [-0.1, -0.05) is 28.8 Å². The molecule has 0 radical (unpaired) electrons. The molecule has 0 saturated heterocycles. The fourth-order valence-electron chi connectivity index (χ4n) is 4.18. The van der Waals surface area contributed by atoms with Gasteiger partial charge in [-0.25, -0.2) is 0 Å². The Labute approximate surface area is 137 Å². The highest BCUT2D eigenvalue weighted by molar-refractivity contribution is 9.10. The van der Waals surface area contributed by atoms with Crippen molar-refractivity contribution in [1.82, 2.24) is 0 Å². The van der Waals surface area contributed by atoms with Gasteiger partial charge in [-0.15, -0.1) is 0 Å². The minimum absolute atomic E-state index is 0.507. The van der Waals surface area contributed by atoms with Crippen LogP contribution >= 0.6 is 15.9 Å². The second-order valence-corrected chi connectivity index (χ2v) is 7.55. The van der Waals surface area contributed by atoms with Crippen LogP contribution < -0.4 is 9.47 Å². The fourth-order valence-corrected chi connectivity index (χ4v) is 4.88. The van der Waals surface area contributed by atoms with Gasteiger partial charge in [-0.3, -0.25) is 4.79 Å². The van der Waals surface area contributed by atoms with E-state index in [1.165, 1.54) is 0 Å². The summed E-state index contributed by atoms with van der Waals surface area (Å²) in [6.07, 6.45) is 7.31. The van der Waals surface area contributed by atoms with Crippen molar-refractivity contribution in [3.8, 4) is 11.5 Å². The van der Waals surface area contributed by atoms with E-state index in [9.17, 15) is 9.90 Å². The van der Waals surface area contributed by atoms with Crippen molar-refractivity contribution in [2.75, 3.05) is 0 Å². The first kappa shape index (κ1) is 14.4. The first-order chi connectivity index (χ1) is 10.5. The maximum Gasteiger partial charge on any atom is 0.314 e. The van der Waals surface area contributed by atoms with Gasteiger partial charge in [-0.05, 0) is 43.4 Å². The van der Waals surface area contributed by atoms with Crippen molar-refractivity contribution in [2.24, 2.45) is 0 Å². The van der Waals surface area contributed by atoms with Crippen molar-refractivity contribution in [2.45, 2.75) is 62.6 Å². The largest absolute Gasteiger partial charge is 0.481 e. The maximum absolute atomic E-state index is 11.9. The lowest BCUT2D eigenvalue weighted by Gasteiger charge is -2.25. The van der Waals surface area contributed by atoms with E-state index in [2.05, 4.69) is 15.9 Å². The molecular weight excluding hydrogens is 348 g/mol. The van der Waals surface area contributed by atoms with Gasteiger partial charge in [0.2, 0.25) is 0 Å². The van der Waals surface area contributed by atoms with Crippen LogP contribution in [-0.2, 0) is 10.2 Å². The maximum atomic E-state index is 11.9. The first-order valence-corrected chi connectivity index (χ1v) is 8.80. The Morgan fingerprint density at radius 2 is 1.55 bits per heavy atom. The Hall–Kier alpha value is -1.23. The summed E-state index contributed by atoms with van der Waals surface area (Å²) < 4.78 is 13.0. The topological polar surface area (TPSA) is 55.8 Å². The van der Waals surface area contributed by atoms with E-state index < -0.39 is 17.2 Å². The summed E-state index contributed by atoms with van der Waals surface area (Å²) in [6.45, 7) is 0. The number of carbonyl (C=O) groups is 1. The molecule has 1 aliphatic heterocycles. The smallest absolute Gasteiger partial charge is 0.314 e. The standard InChI is InChI=1S/C17H19BrO4/c18-12-10-14-13(21-17(22-14)7-3-4-8-17)9-11(12)16(15(19)20)5-1-2-6-16/h9-10H,1-8H2,(H,19,20). The quantitative estimate of drug-likeness (QED) is 0.843. The zero-order valence-corrected chi connectivity index (χ0v) is 13.9. The van der Waals surface area contributed by atoms with E-state index in [1.54, 1.807) is 0 Å². The highest BCUT2D eigenvalue weighted by Crippen LogP contribution is 2.52. The number of hydrogen-bond acceptors (Lipinski definition) is 3. The molecule has 0 bridgehead atoms.